The van der Waals surface area contributed by atoms with Gasteiger partial charge in [-0.1, -0.05) is 27.2 Å². The standard InChI is InChI=1S/C9H21NO/c1-5-8(3)9(4,11)7-10-6-2/h8,10-11H,5-7H2,1-4H3. The molecule has 0 saturated heterocycles. The van der Waals surface area contributed by atoms with Gasteiger partial charge in [-0.2, -0.15) is 0 Å². The maximum absolute atomic E-state index is 9.85. The lowest BCUT2D eigenvalue weighted by molar-refractivity contribution is 0.00608. The van der Waals surface area contributed by atoms with Gasteiger partial charge in [0.1, 0.15) is 0 Å². The molecule has 68 valence electrons. The molecule has 0 bridgehead atoms. The quantitative estimate of drug-likeness (QED) is 0.635. The normalized spacial score (nSPS) is 19.4. The summed E-state index contributed by atoms with van der Waals surface area (Å²) in [5, 5.41) is 13.0. The zero-order valence-electron chi connectivity index (χ0n) is 8.15. The predicted octanol–water partition coefficient (Wildman–Crippen LogP) is 1.39. The first-order chi connectivity index (χ1) is 5.04. The van der Waals surface area contributed by atoms with Crippen LogP contribution in [0.25, 0.3) is 0 Å². The van der Waals surface area contributed by atoms with Crippen molar-refractivity contribution in [1.29, 1.82) is 0 Å². The second kappa shape index (κ2) is 4.73. The number of aliphatic hydroxyl groups is 1. The third kappa shape index (κ3) is 3.73. The minimum Gasteiger partial charge on any atom is -0.389 e. The van der Waals surface area contributed by atoms with Crippen molar-refractivity contribution in [2.75, 3.05) is 13.1 Å². The molecule has 0 radical (unpaired) electrons. The van der Waals surface area contributed by atoms with Crippen LogP contribution in [0.5, 0.6) is 0 Å². The summed E-state index contributed by atoms with van der Waals surface area (Å²) in [4.78, 5) is 0. The van der Waals surface area contributed by atoms with Crippen molar-refractivity contribution in [3.63, 3.8) is 0 Å². The van der Waals surface area contributed by atoms with Crippen LogP contribution in [0.15, 0.2) is 0 Å². The van der Waals surface area contributed by atoms with Gasteiger partial charge in [-0.05, 0) is 19.4 Å². The van der Waals surface area contributed by atoms with Crippen molar-refractivity contribution in [1.82, 2.24) is 5.32 Å². The van der Waals surface area contributed by atoms with E-state index in [1.54, 1.807) is 0 Å². The summed E-state index contributed by atoms with van der Waals surface area (Å²) in [6, 6.07) is 0. The molecule has 0 aliphatic carbocycles. The average molecular weight is 159 g/mol. The summed E-state index contributed by atoms with van der Waals surface area (Å²) in [5.74, 6) is 0.363. The van der Waals surface area contributed by atoms with E-state index in [0.29, 0.717) is 12.5 Å². The van der Waals surface area contributed by atoms with Crippen molar-refractivity contribution >= 4 is 0 Å². The molecule has 0 aliphatic rings. The Bertz CT molecular complexity index is 102. The zero-order valence-corrected chi connectivity index (χ0v) is 8.15. The Kier molecular flexibility index (Phi) is 4.69. The molecule has 0 spiro atoms. The molecule has 0 saturated carbocycles. The van der Waals surface area contributed by atoms with E-state index < -0.39 is 5.60 Å². The van der Waals surface area contributed by atoms with Crippen LogP contribution in [-0.4, -0.2) is 23.8 Å². The van der Waals surface area contributed by atoms with Crippen molar-refractivity contribution in [2.45, 2.75) is 39.7 Å². The molecule has 0 amide bonds. The van der Waals surface area contributed by atoms with Gasteiger partial charge in [0.25, 0.3) is 0 Å². The fraction of sp³-hybridized carbons (Fsp3) is 1.00. The molecule has 2 nitrogen and oxygen atoms in total. The summed E-state index contributed by atoms with van der Waals surface area (Å²) < 4.78 is 0. The molecule has 2 heteroatoms. The van der Waals surface area contributed by atoms with Gasteiger partial charge in [-0.3, -0.25) is 0 Å². The number of rotatable bonds is 5. The van der Waals surface area contributed by atoms with Crippen molar-refractivity contribution in [2.24, 2.45) is 5.92 Å². The van der Waals surface area contributed by atoms with Crippen LogP contribution in [0, 0.1) is 5.92 Å². The van der Waals surface area contributed by atoms with E-state index in [1.807, 2.05) is 13.8 Å². The van der Waals surface area contributed by atoms with Gasteiger partial charge in [0.05, 0.1) is 5.60 Å². The molecule has 0 aromatic heterocycles. The minimum absolute atomic E-state index is 0.363. The van der Waals surface area contributed by atoms with Crippen LogP contribution in [-0.2, 0) is 0 Å². The molecule has 11 heavy (non-hydrogen) atoms. The molecule has 0 rings (SSSR count). The smallest absolute Gasteiger partial charge is 0.0768 e. The molecule has 0 heterocycles. The first kappa shape index (κ1) is 10.9. The van der Waals surface area contributed by atoms with Gasteiger partial charge in [0, 0.05) is 6.54 Å². The topological polar surface area (TPSA) is 32.3 Å². The summed E-state index contributed by atoms with van der Waals surface area (Å²) in [7, 11) is 0. The highest BCUT2D eigenvalue weighted by Gasteiger charge is 2.25. The Labute approximate surface area is 70.0 Å². The SMILES string of the molecule is CCNCC(C)(O)C(C)CC. The van der Waals surface area contributed by atoms with E-state index in [2.05, 4.69) is 19.2 Å². The second-order valence-electron chi connectivity index (χ2n) is 3.45. The van der Waals surface area contributed by atoms with E-state index in [1.165, 1.54) is 0 Å². The largest absolute Gasteiger partial charge is 0.389 e. The number of hydrogen-bond acceptors (Lipinski definition) is 2. The molecular weight excluding hydrogens is 138 g/mol. The van der Waals surface area contributed by atoms with Crippen molar-refractivity contribution in [3.8, 4) is 0 Å². The lowest BCUT2D eigenvalue weighted by atomic mass is 9.89. The Balaban J connectivity index is 3.77. The average Bonchev–Trinajstić information content (AvgIpc) is 1.99. The molecule has 2 N–H and O–H groups in total. The van der Waals surface area contributed by atoms with Crippen molar-refractivity contribution in [3.05, 3.63) is 0 Å². The van der Waals surface area contributed by atoms with Crippen LogP contribution in [0.1, 0.15) is 34.1 Å². The van der Waals surface area contributed by atoms with E-state index in [4.69, 9.17) is 0 Å². The van der Waals surface area contributed by atoms with E-state index in [9.17, 15) is 5.11 Å². The van der Waals surface area contributed by atoms with Gasteiger partial charge in [0.15, 0.2) is 0 Å². The van der Waals surface area contributed by atoms with E-state index in [-0.39, 0.29) is 0 Å². The Morgan fingerprint density at radius 3 is 2.36 bits per heavy atom. The highest BCUT2D eigenvalue weighted by atomic mass is 16.3. The number of hydrogen-bond donors (Lipinski definition) is 2. The minimum atomic E-state index is -0.551. The summed E-state index contributed by atoms with van der Waals surface area (Å²) in [6.45, 7) is 9.74. The monoisotopic (exact) mass is 159 g/mol. The van der Waals surface area contributed by atoms with Crippen LogP contribution in [0.4, 0.5) is 0 Å². The third-order valence-electron chi connectivity index (χ3n) is 2.41. The zero-order chi connectivity index (χ0) is 8.91. The predicted molar refractivity (Wildman–Crippen MR) is 48.6 cm³/mol. The first-order valence-corrected chi connectivity index (χ1v) is 4.47. The van der Waals surface area contributed by atoms with Gasteiger partial charge in [0.2, 0.25) is 0 Å². The van der Waals surface area contributed by atoms with Gasteiger partial charge < -0.3 is 10.4 Å². The van der Waals surface area contributed by atoms with E-state index in [0.717, 1.165) is 13.0 Å². The molecule has 2 atom stereocenters. The molecule has 2 unspecified atom stereocenters. The maximum atomic E-state index is 9.85. The Morgan fingerprint density at radius 1 is 1.45 bits per heavy atom. The van der Waals surface area contributed by atoms with Gasteiger partial charge in [-0.15, -0.1) is 0 Å². The summed E-state index contributed by atoms with van der Waals surface area (Å²) in [5.41, 5.74) is -0.551. The number of nitrogens with one attached hydrogen (secondary N) is 1. The lowest BCUT2D eigenvalue weighted by Gasteiger charge is -2.29. The van der Waals surface area contributed by atoms with Gasteiger partial charge >= 0.3 is 0 Å². The maximum Gasteiger partial charge on any atom is 0.0768 e. The van der Waals surface area contributed by atoms with Crippen LogP contribution in [0.2, 0.25) is 0 Å². The van der Waals surface area contributed by atoms with E-state index >= 15 is 0 Å². The summed E-state index contributed by atoms with van der Waals surface area (Å²) in [6.07, 6.45) is 1.03. The van der Waals surface area contributed by atoms with Crippen LogP contribution < -0.4 is 5.32 Å². The first-order valence-electron chi connectivity index (χ1n) is 4.47. The van der Waals surface area contributed by atoms with Crippen LogP contribution >= 0.6 is 0 Å². The summed E-state index contributed by atoms with van der Waals surface area (Å²) >= 11 is 0. The van der Waals surface area contributed by atoms with Crippen LogP contribution in [0.3, 0.4) is 0 Å². The lowest BCUT2D eigenvalue weighted by Crippen LogP contribution is -2.42. The molecule has 0 aromatic rings. The fourth-order valence-corrected chi connectivity index (χ4v) is 0.992. The van der Waals surface area contributed by atoms with Crippen molar-refractivity contribution < 1.29 is 5.11 Å². The molecule has 0 aromatic carbocycles. The Hall–Kier alpha value is -0.0800. The Morgan fingerprint density at radius 2 is 2.00 bits per heavy atom. The second-order valence-corrected chi connectivity index (χ2v) is 3.45. The highest BCUT2D eigenvalue weighted by Crippen LogP contribution is 2.18. The third-order valence-corrected chi connectivity index (χ3v) is 2.41. The van der Waals surface area contributed by atoms with Gasteiger partial charge in [-0.25, -0.2) is 0 Å². The highest BCUT2D eigenvalue weighted by molar-refractivity contribution is 4.80. The fourth-order valence-electron chi connectivity index (χ4n) is 0.992. The molecule has 0 aliphatic heterocycles. The number of likely N-dealkylation sites (N-methyl/N-ethyl adjacent to an activating group) is 1. The molecule has 0 fully saturated rings. The molecular formula is C9H21NO.